The van der Waals surface area contributed by atoms with Crippen molar-refractivity contribution in [1.82, 2.24) is 19.5 Å². The molecule has 0 aliphatic rings. The molecule has 11 heteroatoms. The summed E-state index contributed by atoms with van der Waals surface area (Å²) in [4.78, 5) is 34.1. The lowest BCUT2D eigenvalue weighted by atomic mass is 10.1. The Morgan fingerprint density at radius 2 is 1.82 bits per heavy atom. The summed E-state index contributed by atoms with van der Waals surface area (Å²) in [6, 6.07) is 15.6. The first-order valence-electron chi connectivity index (χ1n) is 9.80. The van der Waals surface area contributed by atoms with Crippen LogP contribution in [0.5, 0.6) is 11.5 Å². The van der Waals surface area contributed by atoms with Crippen molar-refractivity contribution in [2.75, 3.05) is 10.5 Å². The maximum atomic E-state index is 12.4. The van der Waals surface area contributed by atoms with Gasteiger partial charge in [-0.05, 0) is 36.8 Å². The minimum Gasteiger partial charge on any atom is -0.733 e. The van der Waals surface area contributed by atoms with E-state index in [4.69, 9.17) is 9.94 Å². The highest BCUT2D eigenvalue weighted by Gasteiger charge is 2.10. The van der Waals surface area contributed by atoms with Gasteiger partial charge in [0.2, 0.25) is 5.95 Å². The molecular formula is C22H19N6O5-. The number of pyridine rings is 1. The molecule has 4 aromatic rings. The van der Waals surface area contributed by atoms with Crippen molar-refractivity contribution >= 4 is 17.3 Å². The van der Waals surface area contributed by atoms with Gasteiger partial charge in [0.05, 0.1) is 24.6 Å². The zero-order valence-corrected chi connectivity index (χ0v) is 17.4. The van der Waals surface area contributed by atoms with Gasteiger partial charge in [0.25, 0.3) is 0 Å². The van der Waals surface area contributed by atoms with Gasteiger partial charge in [-0.3, -0.25) is 19.7 Å². The third-order valence-electron chi connectivity index (χ3n) is 4.65. The predicted molar refractivity (Wildman–Crippen MR) is 121 cm³/mol. The first kappa shape index (κ1) is 21.7. The lowest BCUT2D eigenvalue weighted by Crippen LogP contribution is -2.34. The molecule has 2 aromatic carbocycles. The van der Waals surface area contributed by atoms with Crippen molar-refractivity contribution in [3.05, 3.63) is 104 Å². The van der Waals surface area contributed by atoms with Crippen molar-refractivity contribution in [1.29, 1.82) is 0 Å². The molecule has 4 rings (SSSR count). The fourth-order valence-corrected chi connectivity index (χ4v) is 3.00. The first-order valence-corrected chi connectivity index (χ1v) is 9.80. The number of hydrogen-bond donors (Lipinski definition) is 3. The van der Waals surface area contributed by atoms with Gasteiger partial charge in [0, 0.05) is 11.8 Å². The second-order valence-corrected chi connectivity index (χ2v) is 7.15. The van der Waals surface area contributed by atoms with E-state index in [9.17, 15) is 14.8 Å². The van der Waals surface area contributed by atoms with E-state index in [1.807, 2.05) is 31.2 Å². The van der Waals surface area contributed by atoms with Crippen LogP contribution >= 0.6 is 0 Å². The highest BCUT2D eigenvalue weighted by atomic mass is 16.8. The fraction of sp³-hybridized carbons (Fsp3) is 0.0909. The third kappa shape index (κ3) is 5.42. The summed E-state index contributed by atoms with van der Waals surface area (Å²) in [7, 11) is 0. The molecule has 0 fully saturated rings. The summed E-state index contributed by atoms with van der Waals surface area (Å²) in [5.41, 5.74) is 1.12. The average Bonchev–Trinajstić information content (AvgIpc) is 2.79. The van der Waals surface area contributed by atoms with Crippen molar-refractivity contribution in [2.45, 2.75) is 13.5 Å². The number of ether oxygens (including phenoxy) is 1. The van der Waals surface area contributed by atoms with E-state index in [1.165, 1.54) is 23.0 Å². The van der Waals surface area contributed by atoms with Gasteiger partial charge in [0.1, 0.15) is 11.5 Å². The fourth-order valence-electron chi connectivity index (χ4n) is 3.00. The van der Waals surface area contributed by atoms with E-state index in [0.29, 0.717) is 11.4 Å². The lowest BCUT2D eigenvalue weighted by Gasteiger charge is -2.21. The van der Waals surface area contributed by atoms with Gasteiger partial charge in [-0.1, -0.05) is 29.8 Å². The molecule has 0 atom stereocenters. The van der Waals surface area contributed by atoms with Gasteiger partial charge in [-0.25, -0.2) is 9.59 Å². The Hall–Kier alpha value is -4.48. The standard InChI is InChI=1S/C22H19N6O5/c1-14-2-4-15(5-3-14)13-27-20(25-21(29)26-22(27)30)24-16-6-8-18(9-7-16)33-19-10-17(28(31)32)11-23-12-19/h2-12,31H,13H2,1H3,(H2,24,25,26,29,30)/q-1. The van der Waals surface area contributed by atoms with Crippen LogP contribution in [-0.4, -0.2) is 24.7 Å². The quantitative estimate of drug-likeness (QED) is 0.364. The summed E-state index contributed by atoms with van der Waals surface area (Å²) in [5.74, 6) is 0.783. The number of aromatic amines is 1. The Labute approximate surface area is 187 Å². The molecule has 0 saturated heterocycles. The number of benzene rings is 2. The van der Waals surface area contributed by atoms with E-state index in [0.717, 1.165) is 11.1 Å². The zero-order valence-electron chi connectivity index (χ0n) is 17.4. The third-order valence-corrected chi connectivity index (χ3v) is 4.65. The molecule has 0 spiro atoms. The van der Waals surface area contributed by atoms with Crippen LogP contribution < -0.4 is 26.7 Å². The van der Waals surface area contributed by atoms with Crippen molar-refractivity contribution in [3.63, 3.8) is 0 Å². The Balaban J connectivity index is 1.54. The number of nitrogens with one attached hydrogen (secondary N) is 2. The molecule has 0 radical (unpaired) electrons. The molecule has 0 amide bonds. The van der Waals surface area contributed by atoms with Crippen LogP contribution in [0, 0.1) is 12.1 Å². The van der Waals surface area contributed by atoms with Crippen LogP contribution in [-0.2, 0) is 6.54 Å². The molecule has 11 nitrogen and oxygen atoms in total. The maximum absolute atomic E-state index is 12.4. The SMILES string of the molecule is Cc1ccc(Cn2c(Nc3ccc(Oc4cncc(N([O-])O)c4)cc3)nc(=O)[nH]c2=O)cc1. The van der Waals surface area contributed by atoms with E-state index in [2.05, 4.69) is 20.3 Å². The number of aryl methyl sites for hydroxylation is 1. The van der Waals surface area contributed by atoms with Crippen molar-refractivity contribution < 1.29 is 9.94 Å². The molecule has 33 heavy (non-hydrogen) atoms. The minimum atomic E-state index is -0.758. The molecule has 0 aliphatic heterocycles. The number of aromatic nitrogens is 4. The van der Waals surface area contributed by atoms with Crippen LogP contribution in [0.3, 0.4) is 0 Å². The molecule has 0 bridgehead atoms. The largest absolute Gasteiger partial charge is 0.733 e. The average molecular weight is 447 g/mol. The number of hydrogen-bond acceptors (Lipinski definition) is 9. The molecule has 3 N–H and O–H groups in total. The van der Waals surface area contributed by atoms with Crippen LogP contribution in [0.25, 0.3) is 0 Å². The van der Waals surface area contributed by atoms with Crippen molar-refractivity contribution in [3.8, 4) is 11.5 Å². The van der Waals surface area contributed by atoms with E-state index in [1.54, 1.807) is 24.3 Å². The Kier molecular flexibility index (Phi) is 6.15. The van der Waals surface area contributed by atoms with E-state index >= 15 is 0 Å². The zero-order chi connectivity index (χ0) is 23.4. The normalized spacial score (nSPS) is 10.6. The molecule has 0 aliphatic carbocycles. The van der Waals surface area contributed by atoms with Crippen LogP contribution in [0.4, 0.5) is 17.3 Å². The number of anilines is 3. The van der Waals surface area contributed by atoms with Crippen molar-refractivity contribution in [2.24, 2.45) is 0 Å². The van der Waals surface area contributed by atoms with E-state index in [-0.39, 0.29) is 29.2 Å². The molecule has 2 heterocycles. The molecule has 0 saturated carbocycles. The summed E-state index contributed by atoms with van der Waals surface area (Å²) < 4.78 is 6.96. The van der Waals surface area contributed by atoms with Gasteiger partial charge < -0.3 is 20.5 Å². The molecule has 2 aromatic heterocycles. The highest BCUT2D eigenvalue weighted by molar-refractivity contribution is 5.55. The van der Waals surface area contributed by atoms with Crippen LogP contribution in [0.1, 0.15) is 11.1 Å². The second-order valence-electron chi connectivity index (χ2n) is 7.15. The summed E-state index contributed by atoms with van der Waals surface area (Å²) in [5, 5.41) is 22.6. The highest BCUT2D eigenvalue weighted by Crippen LogP contribution is 2.26. The Morgan fingerprint density at radius 3 is 2.52 bits per heavy atom. The Morgan fingerprint density at radius 1 is 1.09 bits per heavy atom. The lowest BCUT2D eigenvalue weighted by molar-refractivity contribution is 0.295. The summed E-state index contributed by atoms with van der Waals surface area (Å²) >= 11 is 0. The number of rotatable bonds is 7. The topological polar surface area (TPSA) is 148 Å². The maximum Gasteiger partial charge on any atom is 0.352 e. The second kappa shape index (κ2) is 9.34. The smallest absolute Gasteiger partial charge is 0.352 e. The van der Waals surface area contributed by atoms with E-state index < -0.39 is 11.4 Å². The van der Waals surface area contributed by atoms with Gasteiger partial charge in [-0.15, -0.1) is 0 Å². The number of nitrogens with zero attached hydrogens (tertiary/aromatic N) is 4. The molecular weight excluding hydrogens is 428 g/mol. The van der Waals surface area contributed by atoms with Gasteiger partial charge in [-0.2, -0.15) is 4.98 Å². The number of H-pyrrole nitrogens is 1. The molecule has 0 unspecified atom stereocenters. The first-order chi connectivity index (χ1) is 15.9. The molecule has 168 valence electrons. The Bertz CT molecular complexity index is 1360. The monoisotopic (exact) mass is 447 g/mol. The predicted octanol–water partition coefficient (Wildman–Crippen LogP) is 2.91. The summed E-state index contributed by atoms with van der Waals surface area (Å²) in [6.45, 7) is 2.19. The van der Waals surface area contributed by atoms with Crippen LogP contribution in [0.2, 0.25) is 0 Å². The minimum absolute atomic E-state index is 0.0716. The van der Waals surface area contributed by atoms with Gasteiger partial charge >= 0.3 is 11.4 Å². The van der Waals surface area contributed by atoms with Gasteiger partial charge in [0.15, 0.2) is 0 Å². The van der Waals surface area contributed by atoms with Crippen LogP contribution in [0.15, 0.2) is 76.6 Å². The summed E-state index contributed by atoms with van der Waals surface area (Å²) in [6.07, 6.45) is 2.58.